The van der Waals surface area contributed by atoms with Crippen molar-refractivity contribution in [2.45, 2.75) is 285 Å². The van der Waals surface area contributed by atoms with Crippen molar-refractivity contribution in [3.8, 4) is 16.9 Å². The van der Waals surface area contributed by atoms with Crippen LogP contribution in [0.3, 0.4) is 0 Å². The highest BCUT2D eigenvalue weighted by molar-refractivity contribution is 6.31. The van der Waals surface area contributed by atoms with Crippen LogP contribution in [0.1, 0.15) is 277 Å². The van der Waals surface area contributed by atoms with Gasteiger partial charge in [0.1, 0.15) is 29.0 Å². The van der Waals surface area contributed by atoms with Crippen molar-refractivity contribution in [3.05, 3.63) is 502 Å². The van der Waals surface area contributed by atoms with Gasteiger partial charge in [0.05, 0.1) is 17.2 Å². The van der Waals surface area contributed by atoms with Crippen molar-refractivity contribution in [2.75, 3.05) is 25.1 Å². The Kier molecular flexibility index (Phi) is 67.2. The molecule has 1 aliphatic heterocycles. The van der Waals surface area contributed by atoms with E-state index in [-0.39, 0.29) is 38.7 Å². The first-order valence-electron chi connectivity index (χ1n) is 54.2. The number of ether oxygens (including phenoxy) is 1. The molecule has 1 aromatic heterocycles. The van der Waals surface area contributed by atoms with E-state index >= 15 is 0 Å². The lowest BCUT2D eigenvalue weighted by molar-refractivity contribution is 0.344. The minimum Gasteiger partial charge on any atom is -0.497 e. The highest BCUT2D eigenvalue weighted by atomic mass is 35.5. The van der Waals surface area contributed by atoms with E-state index in [2.05, 4.69) is 301 Å². The lowest BCUT2D eigenvalue weighted by Crippen LogP contribution is -2.33. The van der Waals surface area contributed by atoms with Crippen LogP contribution in [0.15, 0.2) is 352 Å². The molecule has 13 heteroatoms. The fourth-order valence-electron chi connectivity index (χ4n) is 15.7. The number of aromatic nitrogens is 1. The van der Waals surface area contributed by atoms with Gasteiger partial charge in [0.2, 0.25) is 0 Å². The molecule has 0 spiro atoms. The molecule has 2 unspecified atom stereocenters. The molecule has 804 valence electrons. The van der Waals surface area contributed by atoms with E-state index in [9.17, 15) is 26.3 Å². The van der Waals surface area contributed by atoms with Crippen molar-refractivity contribution in [2.24, 2.45) is 11.8 Å². The average molecular weight is 2120 g/mol. The SMILES string of the molecule is CC1CCCC(c2ccccc2)C1.CCC1CCN(c2ccccc2)CC1.CCCc1ccccc1.CCc1ccc(C(C)(C)C)nc1.CCc1ccc(C)c(F)c1.CCc1ccc(CC)cc1.CCc1ccc(Cl)c(F)c1.CCc1ccc(Cl)cc1.CCc1ccc(F)c(C)c1.CCc1ccc(F)c(Cl)c1.CCc1ccc(F)c(F)c1.CCc1ccc(OC)cc1.CCc1cccc(-c2ccccc2)c1.CCc1cccc(Cl)c1. The maximum absolute atomic E-state index is 12.8. The van der Waals surface area contributed by atoms with Gasteiger partial charge in [0.25, 0.3) is 0 Å². The summed E-state index contributed by atoms with van der Waals surface area (Å²) in [7, 11) is 1.68. The number of halogens is 10. The number of pyridine rings is 1. The van der Waals surface area contributed by atoms with Crippen LogP contribution in [0.25, 0.3) is 11.1 Å². The van der Waals surface area contributed by atoms with E-state index < -0.39 is 11.6 Å². The van der Waals surface area contributed by atoms with Crippen molar-refractivity contribution in [1.82, 2.24) is 4.98 Å². The molecule has 2 fully saturated rings. The fourth-order valence-corrected chi connectivity index (χ4v) is 16.4. The second-order valence-electron chi connectivity index (χ2n) is 38.2. The number of hydrogen-bond acceptors (Lipinski definition) is 3. The fraction of sp³-hybridized carbons (Fsp3) is 0.350. The number of rotatable bonds is 19. The summed E-state index contributed by atoms with van der Waals surface area (Å²) in [6, 6.07) is 113. The summed E-state index contributed by atoms with van der Waals surface area (Å²) in [6.07, 6.45) is 26.2. The van der Waals surface area contributed by atoms with Gasteiger partial charge in [-0.2, -0.15) is 0 Å². The number of methoxy groups -OCH3 is 1. The number of aryl methyl sites for hydroxylation is 15. The Labute approximate surface area is 921 Å². The molecule has 14 aromatic carbocycles. The van der Waals surface area contributed by atoms with Crippen LogP contribution < -0.4 is 9.64 Å². The number of anilines is 1. The molecule has 3 nitrogen and oxygen atoms in total. The topological polar surface area (TPSA) is 25.4 Å². The van der Waals surface area contributed by atoms with Gasteiger partial charge in [-0.15, -0.1) is 0 Å². The molecule has 0 amide bonds. The molecule has 15 aromatic rings. The monoisotopic (exact) mass is 2110 g/mol. The summed E-state index contributed by atoms with van der Waals surface area (Å²) in [5, 5.41) is 2.04. The molecule has 2 heterocycles. The Hall–Kier alpha value is -11.4. The zero-order valence-corrected chi connectivity index (χ0v) is 96.6. The average Bonchev–Trinajstić information content (AvgIpc) is 0.818. The smallest absolute Gasteiger partial charge is 0.159 e. The summed E-state index contributed by atoms with van der Waals surface area (Å²) in [6.45, 7) is 44.5. The van der Waals surface area contributed by atoms with Crippen molar-refractivity contribution < 1.29 is 31.1 Å². The first-order valence-corrected chi connectivity index (χ1v) is 55.7. The summed E-state index contributed by atoms with van der Waals surface area (Å²) in [5.74, 6) is 1.23. The first kappa shape index (κ1) is 131. The van der Waals surface area contributed by atoms with Gasteiger partial charge in [-0.3, -0.25) is 4.98 Å². The zero-order valence-electron chi connectivity index (χ0n) is 93.6. The van der Waals surface area contributed by atoms with Gasteiger partial charge < -0.3 is 9.64 Å². The van der Waals surface area contributed by atoms with Gasteiger partial charge in [0, 0.05) is 46.1 Å². The van der Waals surface area contributed by atoms with Crippen LogP contribution in [0, 0.1) is 60.6 Å². The predicted octanol–water partition coefficient (Wildman–Crippen LogP) is 41.7. The Balaban J connectivity index is 0.000000337. The summed E-state index contributed by atoms with van der Waals surface area (Å²) in [5.41, 5.74) is 24.4. The lowest BCUT2D eigenvalue weighted by Gasteiger charge is -2.33. The predicted molar refractivity (Wildman–Crippen MR) is 640 cm³/mol. The Morgan fingerprint density at radius 3 is 1.15 bits per heavy atom. The van der Waals surface area contributed by atoms with E-state index in [4.69, 9.17) is 51.1 Å². The van der Waals surface area contributed by atoms with Crippen LogP contribution in [-0.2, 0) is 88.9 Å². The Bertz CT molecular complexity index is 5650. The third kappa shape index (κ3) is 54.5. The standard InChI is InChI=1S/C14H14.C13H19N.C13H18.C11H17N.C10H14.2C9H11F.C9H12O.C9H12.2C8H8ClF.2C8H9Cl.C8H8F2/c1-2-12-7-6-10-14(11-12)13-8-4-3-5-9-13;1-2-12-8-10-14(11-9-12)13-6-4-3-5-7-13;1-11-6-5-9-13(10-11)12-7-3-2-4-8-12;1-5-9-6-7-10(12-8-9)11(2,3)4;1-3-9-5-7-10(4-2)8-6-9;1-3-8-4-5-9(10)7(2)6-8;1-3-8-5-4-7(2)9(10)6-8;1-3-8-4-6-9(10-2)7-5-8;1-2-6-9-7-4-3-5-8-9;1-2-6-3-4-8(10)7(9)5-6;1-2-6-3-4-7(9)8(10)5-6;1-2-7-3-5-8(9)6-4-7;1-2-7-4-3-5-8(9)6-7;1-2-6-3-4-7(9)8(10)5-6/h3-11H,2H2,1H3;3-7,12H,2,8-11H2,1H3;2-4,7-8,11,13H,5-6,9-10H2,1H3;6-8H,5H2,1-4H3;5-8H,3-4H2,1-2H3;2*4-6H,3H2,1-2H3;4-7H,3H2,1-2H3;3-5,7-8H,2,6H2,1H3;2*3-5H,2H2,1H3;2*3-6H,2H2,1H3;3-5H,2H2,1H3. The molecular weight excluding hydrogens is 1950 g/mol. The molecule has 150 heavy (non-hydrogen) atoms. The number of piperidine rings is 1. The minimum absolute atomic E-state index is 0.0978. The first-order chi connectivity index (χ1) is 72.2. The van der Waals surface area contributed by atoms with Gasteiger partial charge >= 0.3 is 0 Å². The van der Waals surface area contributed by atoms with Crippen molar-refractivity contribution >= 4 is 52.1 Å². The Morgan fingerprint density at radius 2 is 0.720 bits per heavy atom. The minimum atomic E-state index is -0.780. The summed E-state index contributed by atoms with van der Waals surface area (Å²) in [4.78, 5) is 6.93. The molecule has 0 bridgehead atoms. The zero-order chi connectivity index (χ0) is 110. The molecular formula is C137H170Cl4F6N2O. The van der Waals surface area contributed by atoms with Gasteiger partial charge in [-0.05, 0) is 344 Å². The largest absolute Gasteiger partial charge is 0.497 e. The number of benzene rings is 14. The number of hydrogen-bond donors (Lipinski definition) is 0. The highest BCUT2D eigenvalue weighted by Gasteiger charge is 2.21. The highest BCUT2D eigenvalue weighted by Crippen LogP contribution is 2.36. The maximum Gasteiger partial charge on any atom is 0.159 e. The Morgan fingerprint density at radius 1 is 0.320 bits per heavy atom. The molecule has 1 saturated carbocycles. The molecule has 1 aliphatic carbocycles. The molecule has 1 saturated heterocycles. The summed E-state index contributed by atoms with van der Waals surface area (Å²) < 4.78 is 80.2. The van der Waals surface area contributed by atoms with Crippen LogP contribution in [0.5, 0.6) is 5.75 Å². The van der Waals surface area contributed by atoms with Crippen LogP contribution in [0.2, 0.25) is 20.1 Å². The molecule has 2 aliphatic rings. The second-order valence-corrected chi connectivity index (χ2v) is 39.9. The van der Waals surface area contributed by atoms with E-state index in [1.807, 2.05) is 125 Å². The van der Waals surface area contributed by atoms with E-state index in [0.717, 1.165) is 150 Å². The van der Waals surface area contributed by atoms with Crippen LogP contribution in [0.4, 0.5) is 32.0 Å². The number of para-hydroxylation sites is 1. The molecule has 17 rings (SSSR count). The molecule has 0 N–H and O–H groups in total. The van der Waals surface area contributed by atoms with E-state index in [1.54, 1.807) is 56.9 Å². The third-order valence-electron chi connectivity index (χ3n) is 25.8. The van der Waals surface area contributed by atoms with Crippen LogP contribution in [-0.4, -0.2) is 25.2 Å². The van der Waals surface area contributed by atoms with Crippen LogP contribution >= 0.6 is 46.4 Å². The van der Waals surface area contributed by atoms with E-state index in [0.29, 0.717) is 0 Å². The third-order valence-corrected chi connectivity index (χ3v) is 26.9. The maximum atomic E-state index is 12.8. The summed E-state index contributed by atoms with van der Waals surface area (Å²) >= 11 is 22.4. The second kappa shape index (κ2) is 77.0. The molecule has 2 atom stereocenters. The van der Waals surface area contributed by atoms with Gasteiger partial charge in [-0.1, -0.05) is 439 Å². The van der Waals surface area contributed by atoms with E-state index in [1.165, 1.54) is 168 Å². The molecule has 0 radical (unpaired) electrons. The van der Waals surface area contributed by atoms with Gasteiger partial charge in [-0.25, -0.2) is 26.3 Å². The van der Waals surface area contributed by atoms with Crippen molar-refractivity contribution in [1.29, 1.82) is 0 Å². The quantitative estimate of drug-likeness (QED) is 0.0755. The van der Waals surface area contributed by atoms with Gasteiger partial charge in [0.15, 0.2) is 11.6 Å². The lowest BCUT2D eigenvalue weighted by atomic mass is 9.79. The van der Waals surface area contributed by atoms with Crippen molar-refractivity contribution in [3.63, 3.8) is 0 Å². The number of nitrogens with zero attached hydrogens (tertiary/aromatic N) is 2. The normalized spacial score (nSPS) is 12.4.